The van der Waals surface area contributed by atoms with Crippen LogP contribution in [-0.4, -0.2) is 27.4 Å². The summed E-state index contributed by atoms with van der Waals surface area (Å²) in [6.45, 7) is 5.89. The molecule has 1 aromatic heterocycles. The zero-order valence-electron chi connectivity index (χ0n) is 9.66. The Labute approximate surface area is 91.1 Å². The van der Waals surface area contributed by atoms with Gasteiger partial charge in [0.2, 0.25) is 0 Å². The van der Waals surface area contributed by atoms with E-state index in [-0.39, 0.29) is 0 Å². The third-order valence-electron chi connectivity index (χ3n) is 3.07. The summed E-state index contributed by atoms with van der Waals surface area (Å²) in [4.78, 5) is 4.29. The Hall–Kier alpha value is -0.900. The average Bonchev–Trinajstić information content (AvgIpc) is 2.77. The summed E-state index contributed by atoms with van der Waals surface area (Å²) in [6.07, 6.45) is 5.46. The molecule has 15 heavy (non-hydrogen) atoms. The van der Waals surface area contributed by atoms with Crippen LogP contribution in [0.2, 0.25) is 0 Å². The van der Waals surface area contributed by atoms with Crippen molar-refractivity contribution >= 4 is 0 Å². The molecule has 0 spiro atoms. The van der Waals surface area contributed by atoms with Crippen LogP contribution in [0.4, 0.5) is 0 Å². The molecule has 0 bridgehead atoms. The predicted molar refractivity (Wildman–Crippen MR) is 59.8 cm³/mol. The maximum atomic E-state index is 4.34. The van der Waals surface area contributed by atoms with Gasteiger partial charge < -0.3 is 5.32 Å². The van der Waals surface area contributed by atoms with Crippen molar-refractivity contribution in [3.05, 3.63) is 11.6 Å². The molecule has 1 saturated carbocycles. The first-order chi connectivity index (χ1) is 7.25. The average molecular weight is 208 g/mol. The number of aryl methyl sites for hydroxylation is 2. The molecule has 0 amide bonds. The molecule has 1 aromatic rings. The Balaban J connectivity index is 1.75. The van der Waals surface area contributed by atoms with Gasteiger partial charge in [-0.1, -0.05) is 12.8 Å². The molecule has 1 N–H and O–H groups in total. The monoisotopic (exact) mass is 208 g/mol. The largest absolute Gasteiger partial charge is 0.312 e. The Morgan fingerprint density at radius 3 is 2.67 bits per heavy atom. The van der Waals surface area contributed by atoms with E-state index in [2.05, 4.69) is 15.4 Å². The molecule has 84 valence electrons. The van der Waals surface area contributed by atoms with E-state index >= 15 is 0 Å². The third-order valence-corrected chi connectivity index (χ3v) is 3.07. The molecule has 0 unspecified atom stereocenters. The summed E-state index contributed by atoms with van der Waals surface area (Å²) in [7, 11) is 0. The van der Waals surface area contributed by atoms with Crippen molar-refractivity contribution in [1.29, 1.82) is 0 Å². The molecule has 0 aliphatic heterocycles. The zero-order valence-corrected chi connectivity index (χ0v) is 9.66. The molecule has 0 atom stereocenters. The summed E-state index contributed by atoms with van der Waals surface area (Å²) in [6, 6.07) is 0.745. The first-order valence-corrected chi connectivity index (χ1v) is 5.87. The highest BCUT2D eigenvalue weighted by molar-refractivity contribution is 4.87. The standard InChI is InChI=1S/C11H20N4/c1-9-13-10(2)15(14-9)8-7-12-11-5-3-4-6-11/h11-12H,3-8H2,1-2H3. The fraction of sp³-hybridized carbons (Fsp3) is 0.818. The van der Waals surface area contributed by atoms with Gasteiger partial charge in [-0.15, -0.1) is 0 Å². The molecule has 1 aliphatic carbocycles. The first kappa shape index (κ1) is 10.6. The molecule has 4 nitrogen and oxygen atoms in total. The lowest BCUT2D eigenvalue weighted by atomic mass is 10.2. The predicted octanol–water partition coefficient (Wildman–Crippen LogP) is 1.43. The van der Waals surface area contributed by atoms with Gasteiger partial charge >= 0.3 is 0 Å². The van der Waals surface area contributed by atoms with Crippen LogP contribution >= 0.6 is 0 Å². The fourth-order valence-electron chi connectivity index (χ4n) is 2.28. The summed E-state index contributed by atoms with van der Waals surface area (Å²) < 4.78 is 1.98. The molecule has 0 aromatic carbocycles. The lowest BCUT2D eigenvalue weighted by Gasteiger charge is -2.11. The second-order valence-electron chi connectivity index (χ2n) is 4.36. The Morgan fingerprint density at radius 2 is 2.07 bits per heavy atom. The minimum absolute atomic E-state index is 0.745. The van der Waals surface area contributed by atoms with Crippen LogP contribution in [0.15, 0.2) is 0 Å². The maximum absolute atomic E-state index is 4.34. The fourth-order valence-corrected chi connectivity index (χ4v) is 2.28. The van der Waals surface area contributed by atoms with Crippen molar-refractivity contribution in [1.82, 2.24) is 20.1 Å². The van der Waals surface area contributed by atoms with Gasteiger partial charge in [-0.05, 0) is 26.7 Å². The van der Waals surface area contributed by atoms with E-state index in [9.17, 15) is 0 Å². The SMILES string of the molecule is Cc1nc(C)n(CCNC2CCCC2)n1. The van der Waals surface area contributed by atoms with E-state index < -0.39 is 0 Å². The number of nitrogens with zero attached hydrogens (tertiary/aromatic N) is 3. The molecule has 0 radical (unpaired) electrons. The van der Waals surface area contributed by atoms with E-state index in [0.29, 0.717) is 0 Å². The van der Waals surface area contributed by atoms with Crippen LogP contribution in [0.25, 0.3) is 0 Å². The van der Waals surface area contributed by atoms with Crippen LogP contribution < -0.4 is 5.32 Å². The van der Waals surface area contributed by atoms with E-state index in [1.807, 2.05) is 18.5 Å². The summed E-state index contributed by atoms with van der Waals surface area (Å²) in [5.74, 6) is 1.88. The van der Waals surface area contributed by atoms with E-state index in [1.54, 1.807) is 0 Å². The molecular formula is C11H20N4. The van der Waals surface area contributed by atoms with Gasteiger partial charge in [-0.3, -0.25) is 0 Å². The summed E-state index contributed by atoms with van der Waals surface area (Å²) in [5, 5.41) is 7.92. The lowest BCUT2D eigenvalue weighted by Crippen LogP contribution is -2.29. The van der Waals surface area contributed by atoms with Gasteiger partial charge in [0.05, 0.1) is 6.54 Å². The normalized spacial score (nSPS) is 17.5. The second-order valence-corrected chi connectivity index (χ2v) is 4.36. The number of nitrogens with one attached hydrogen (secondary N) is 1. The van der Waals surface area contributed by atoms with Gasteiger partial charge in [0.1, 0.15) is 11.6 Å². The minimum atomic E-state index is 0.745. The van der Waals surface area contributed by atoms with Crippen LogP contribution in [0.1, 0.15) is 37.3 Å². The molecule has 4 heteroatoms. The Bertz CT molecular complexity index is 312. The van der Waals surface area contributed by atoms with E-state index in [4.69, 9.17) is 0 Å². The van der Waals surface area contributed by atoms with Gasteiger partial charge in [0.15, 0.2) is 0 Å². The highest BCUT2D eigenvalue weighted by atomic mass is 15.3. The third kappa shape index (κ3) is 2.78. The van der Waals surface area contributed by atoms with Crippen LogP contribution in [-0.2, 0) is 6.54 Å². The smallest absolute Gasteiger partial charge is 0.147 e. The Morgan fingerprint density at radius 1 is 1.33 bits per heavy atom. The van der Waals surface area contributed by atoms with Gasteiger partial charge in [-0.2, -0.15) is 5.10 Å². The molecule has 1 heterocycles. The first-order valence-electron chi connectivity index (χ1n) is 5.87. The number of hydrogen-bond acceptors (Lipinski definition) is 3. The highest BCUT2D eigenvalue weighted by Gasteiger charge is 2.13. The van der Waals surface area contributed by atoms with Crippen molar-refractivity contribution in [2.24, 2.45) is 0 Å². The van der Waals surface area contributed by atoms with Gasteiger partial charge in [0, 0.05) is 12.6 Å². The van der Waals surface area contributed by atoms with Gasteiger partial charge in [-0.25, -0.2) is 9.67 Å². The minimum Gasteiger partial charge on any atom is -0.312 e. The van der Waals surface area contributed by atoms with E-state index in [0.717, 1.165) is 30.8 Å². The molecule has 1 fully saturated rings. The van der Waals surface area contributed by atoms with Crippen LogP contribution in [0.3, 0.4) is 0 Å². The number of hydrogen-bond donors (Lipinski definition) is 1. The maximum Gasteiger partial charge on any atom is 0.147 e. The van der Waals surface area contributed by atoms with E-state index in [1.165, 1.54) is 25.7 Å². The van der Waals surface area contributed by atoms with Crippen molar-refractivity contribution < 1.29 is 0 Å². The Kier molecular flexibility index (Phi) is 3.36. The number of aromatic nitrogens is 3. The highest BCUT2D eigenvalue weighted by Crippen LogP contribution is 2.17. The molecule has 1 aliphatic rings. The lowest BCUT2D eigenvalue weighted by molar-refractivity contribution is 0.475. The van der Waals surface area contributed by atoms with Crippen LogP contribution in [0.5, 0.6) is 0 Å². The van der Waals surface area contributed by atoms with Crippen molar-refractivity contribution in [3.63, 3.8) is 0 Å². The molecule has 2 rings (SSSR count). The summed E-state index contributed by atoms with van der Waals surface area (Å²) >= 11 is 0. The summed E-state index contributed by atoms with van der Waals surface area (Å²) in [5.41, 5.74) is 0. The zero-order chi connectivity index (χ0) is 10.7. The second kappa shape index (κ2) is 4.75. The van der Waals surface area contributed by atoms with Gasteiger partial charge in [0.25, 0.3) is 0 Å². The van der Waals surface area contributed by atoms with Crippen molar-refractivity contribution in [2.45, 2.75) is 52.1 Å². The number of rotatable bonds is 4. The van der Waals surface area contributed by atoms with Crippen LogP contribution in [0, 0.1) is 13.8 Å². The molecular weight excluding hydrogens is 188 g/mol. The van der Waals surface area contributed by atoms with Crippen molar-refractivity contribution in [2.75, 3.05) is 6.54 Å². The quantitative estimate of drug-likeness (QED) is 0.814. The topological polar surface area (TPSA) is 42.7 Å². The van der Waals surface area contributed by atoms with Crippen molar-refractivity contribution in [3.8, 4) is 0 Å². The molecule has 0 saturated heterocycles.